The molecule has 170 valence electrons. The number of nitrogens with one attached hydrogen (secondary N) is 2. The second kappa shape index (κ2) is 9.68. The van der Waals surface area contributed by atoms with Gasteiger partial charge in [0, 0.05) is 16.2 Å². The van der Waals surface area contributed by atoms with E-state index in [4.69, 9.17) is 9.16 Å². The first-order chi connectivity index (χ1) is 14.2. The molecule has 0 bridgehead atoms. The van der Waals surface area contributed by atoms with Crippen LogP contribution >= 0.6 is 11.8 Å². The topological polar surface area (TPSA) is 76.7 Å². The third-order valence-corrected chi connectivity index (χ3v) is 10.9. The third kappa shape index (κ3) is 7.30. The summed E-state index contributed by atoms with van der Waals surface area (Å²) in [6.45, 7) is 16.7. The van der Waals surface area contributed by atoms with Crippen molar-refractivity contribution < 1.29 is 18.8 Å². The second-order valence-corrected chi connectivity index (χ2v) is 15.9. The average Bonchev–Trinajstić information content (AvgIpc) is 2.76. The number of para-hydroxylation sites is 1. The Hall–Kier alpha value is -1.95. The van der Waals surface area contributed by atoms with Crippen LogP contribution in [0.3, 0.4) is 0 Å². The van der Waals surface area contributed by atoms with Crippen LogP contribution in [0.4, 0.5) is 10.5 Å². The maximum Gasteiger partial charge on any atom is 0.408 e. The summed E-state index contributed by atoms with van der Waals surface area (Å²) >= 11 is 1.50. The Bertz CT molecular complexity index is 892. The predicted octanol–water partition coefficient (Wildman–Crippen LogP) is 5.00. The number of rotatable bonds is 3. The Morgan fingerprint density at radius 3 is 2.55 bits per heavy atom. The lowest BCUT2D eigenvalue weighted by Crippen LogP contribution is -2.46. The highest BCUT2D eigenvalue weighted by atomic mass is 32.2. The van der Waals surface area contributed by atoms with Gasteiger partial charge in [0.2, 0.25) is 5.91 Å². The fourth-order valence-electron chi connectivity index (χ4n) is 2.46. The smallest absolute Gasteiger partial charge is 0.408 e. The summed E-state index contributed by atoms with van der Waals surface area (Å²) in [6, 6.07) is 5.03. The van der Waals surface area contributed by atoms with Crippen LogP contribution in [0.1, 0.15) is 47.1 Å². The molecule has 1 unspecified atom stereocenters. The molecule has 2 amide bonds. The van der Waals surface area contributed by atoms with Crippen molar-refractivity contribution in [2.75, 3.05) is 17.7 Å². The first-order valence-corrected chi connectivity index (χ1v) is 14.3. The van der Waals surface area contributed by atoms with Crippen molar-refractivity contribution >= 4 is 37.8 Å². The van der Waals surface area contributed by atoms with Crippen LogP contribution in [0.25, 0.3) is 0 Å². The maximum atomic E-state index is 12.7. The number of hydrogen-bond donors (Lipinski definition) is 2. The zero-order chi connectivity index (χ0) is 23.4. The summed E-state index contributed by atoms with van der Waals surface area (Å²) < 4.78 is 11.4. The Morgan fingerprint density at radius 1 is 1.26 bits per heavy atom. The number of benzene rings is 1. The number of thioether (sulfide) groups is 1. The minimum absolute atomic E-state index is 0.124. The molecule has 0 spiro atoms. The van der Waals surface area contributed by atoms with Gasteiger partial charge in [-0.25, -0.2) is 4.79 Å². The molecule has 6 nitrogen and oxygen atoms in total. The first kappa shape index (κ1) is 25.3. The molecule has 0 aliphatic carbocycles. The van der Waals surface area contributed by atoms with E-state index in [0.29, 0.717) is 18.0 Å². The molecule has 1 aromatic carbocycles. The van der Waals surface area contributed by atoms with Crippen molar-refractivity contribution in [3.8, 4) is 11.8 Å². The largest absolute Gasteiger partial charge is 0.444 e. The lowest BCUT2D eigenvalue weighted by Gasteiger charge is -2.35. The molecule has 0 radical (unpaired) electrons. The summed E-state index contributed by atoms with van der Waals surface area (Å²) in [4.78, 5) is 25.8. The molecule has 8 heteroatoms. The van der Waals surface area contributed by atoms with E-state index in [0.717, 1.165) is 10.5 Å². The molecule has 2 N–H and O–H groups in total. The molecular weight excluding hydrogens is 428 g/mol. The second-order valence-electron chi connectivity index (χ2n) is 10.0. The van der Waals surface area contributed by atoms with Gasteiger partial charge in [-0.05, 0) is 51.0 Å². The molecule has 0 saturated heterocycles. The van der Waals surface area contributed by atoms with Crippen molar-refractivity contribution in [2.24, 2.45) is 0 Å². The molecule has 0 fully saturated rings. The fraction of sp³-hybridized carbons (Fsp3) is 0.565. The highest BCUT2D eigenvalue weighted by molar-refractivity contribution is 7.99. The highest BCUT2D eigenvalue weighted by Crippen LogP contribution is 2.36. The van der Waals surface area contributed by atoms with E-state index in [1.807, 2.05) is 18.2 Å². The minimum Gasteiger partial charge on any atom is -0.444 e. The van der Waals surface area contributed by atoms with Gasteiger partial charge in [-0.15, -0.1) is 11.8 Å². The van der Waals surface area contributed by atoms with Crippen LogP contribution in [-0.4, -0.2) is 44.3 Å². The lowest BCUT2D eigenvalue weighted by molar-refractivity contribution is -0.117. The molecule has 1 aliphatic heterocycles. The zero-order valence-corrected chi connectivity index (χ0v) is 21.6. The molecule has 1 aliphatic rings. The van der Waals surface area contributed by atoms with E-state index in [9.17, 15) is 9.59 Å². The minimum atomic E-state index is -1.86. The molecule has 1 atom stereocenters. The van der Waals surface area contributed by atoms with E-state index in [2.05, 4.69) is 56.3 Å². The number of hydrogen-bond acceptors (Lipinski definition) is 5. The maximum absolute atomic E-state index is 12.7. The van der Waals surface area contributed by atoms with Crippen LogP contribution in [0.5, 0.6) is 0 Å². The molecule has 2 rings (SSSR count). The SMILES string of the molecule is CC(C)(C)OC(=O)NC1CSc2cccc(C#CCO[Si](C)(C)C(C)(C)C)c2NC1=O. The normalized spacial score (nSPS) is 16.9. The van der Waals surface area contributed by atoms with Gasteiger partial charge >= 0.3 is 6.09 Å². The van der Waals surface area contributed by atoms with Gasteiger partial charge in [0.05, 0.1) is 12.3 Å². The lowest BCUT2D eigenvalue weighted by atomic mass is 10.1. The quantitative estimate of drug-likeness (QED) is 0.488. The van der Waals surface area contributed by atoms with Gasteiger partial charge in [-0.3, -0.25) is 4.79 Å². The average molecular weight is 463 g/mol. The van der Waals surface area contributed by atoms with Crippen molar-refractivity contribution in [3.05, 3.63) is 23.8 Å². The number of fused-ring (bicyclic) bond motifs is 1. The van der Waals surface area contributed by atoms with Crippen LogP contribution in [0.15, 0.2) is 23.1 Å². The third-order valence-electron chi connectivity index (χ3n) is 5.22. The van der Waals surface area contributed by atoms with Gasteiger partial charge in [0.25, 0.3) is 0 Å². The molecule has 0 saturated carbocycles. The predicted molar refractivity (Wildman–Crippen MR) is 129 cm³/mol. The molecular formula is C23H34N2O4SSi. The Kier molecular flexibility index (Phi) is 7.90. The highest BCUT2D eigenvalue weighted by Gasteiger charge is 2.36. The number of ether oxygens (including phenoxy) is 1. The Labute approximate surface area is 191 Å². The van der Waals surface area contributed by atoms with Crippen LogP contribution in [0.2, 0.25) is 18.1 Å². The fourth-order valence-corrected chi connectivity index (χ4v) is 4.39. The molecule has 1 heterocycles. The van der Waals surface area contributed by atoms with Crippen LogP contribution in [0, 0.1) is 11.8 Å². The molecule has 31 heavy (non-hydrogen) atoms. The number of amides is 2. The summed E-state index contributed by atoms with van der Waals surface area (Å²) in [5, 5.41) is 5.71. The van der Waals surface area contributed by atoms with E-state index in [1.54, 1.807) is 20.8 Å². The van der Waals surface area contributed by atoms with Gasteiger partial charge in [0.1, 0.15) is 11.6 Å². The van der Waals surface area contributed by atoms with Crippen LogP contribution in [-0.2, 0) is 14.0 Å². The number of carbonyl (C=O) groups excluding carboxylic acids is 2. The van der Waals surface area contributed by atoms with Gasteiger partial charge in [0.15, 0.2) is 8.32 Å². The van der Waals surface area contributed by atoms with E-state index in [1.165, 1.54) is 11.8 Å². The van der Waals surface area contributed by atoms with Crippen molar-refractivity contribution in [3.63, 3.8) is 0 Å². The van der Waals surface area contributed by atoms with E-state index >= 15 is 0 Å². The van der Waals surface area contributed by atoms with E-state index < -0.39 is 26.1 Å². The van der Waals surface area contributed by atoms with E-state index in [-0.39, 0.29) is 10.9 Å². The zero-order valence-electron chi connectivity index (χ0n) is 19.8. The number of alkyl carbamates (subject to hydrolysis) is 1. The summed E-state index contributed by atoms with van der Waals surface area (Å²) in [7, 11) is -1.86. The first-order valence-electron chi connectivity index (χ1n) is 10.4. The van der Waals surface area contributed by atoms with Gasteiger partial charge < -0.3 is 19.8 Å². The summed E-state index contributed by atoms with van der Waals surface area (Å²) in [5.74, 6) is 6.35. The monoisotopic (exact) mass is 462 g/mol. The Balaban J connectivity index is 2.10. The number of anilines is 1. The van der Waals surface area contributed by atoms with Crippen molar-refractivity contribution in [1.29, 1.82) is 0 Å². The van der Waals surface area contributed by atoms with Crippen molar-refractivity contribution in [2.45, 2.75) is 76.2 Å². The van der Waals surface area contributed by atoms with Crippen LogP contribution < -0.4 is 10.6 Å². The van der Waals surface area contributed by atoms with Gasteiger partial charge in [-0.2, -0.15) is 0 Å². The summed E-state index contributed by atoms with van der Waals surface area (Å²) in [5.41, 5.74) is 0.775. The summed E-state index contributed by atoms with van der Waals surface area (Å²) in [6.07, 6.45) is -0.609. The molecule has 0 aromatic heterocycles. The van der Waals surface area contributed by atoms with Crippen molar-refractivity contribution in [1.82, 2.24) is 5.32 Å². The van der Waals surface area contributed by atoms with Gasteiger partial charge in [-0.1, -0.05) is 38.7 Å². The molecule has 1 aromatic rings. The standard InChI is InChI=1S/C23H34N2O4SSi/c1-22(2,3)29-21(27)24-17-15-30-18-13-9-11-16(19(18)25-20(17)26)12-10-14-28-31(7,8)23(4,5)6/h9,11,13,17H,14-15H2,1-8H3,(H,24,27)(H,25,26). The Morgan fingerprint density at radius 2 is 1.94 bits per heavy atom. The number of carbonyl (C=O) groups is 2.